The number of carbonyl (C=O) groups excluding carboxylic acids is 2. The van der Waals surface area contributed by atoms with Crippen molar-refractivity contribution in [2.45, 2.75) is 6.54 Å². The van der Waals surface area contributed by atoms with E-state index in [1.807, 2.05) is 53.5 Å². The summed E-state index contributed by atoms with van der Waals surface area (Å²) in [4.78, 5) is 26.2. The van der Waals surface area contributed by atoms with Gasteiger partial charge in [0.2, 0.25) is 5.91 Å². The molecule has 31 heavy (non-hydrogen) atoms. The van der Waals surface area contributed by atoms with E-state index in [9.17, 15) is 14.0 Å². The summed E-state index contributed by atoms with van der Waals surface area (Å²) in [5.74, 6) is -2.02. The molecular weight excluding hydrogens is 529 g/mol. The largest absolute Gasteiger partial charge is 0.325 e. The molecule has 0 saturated carbocycles. The van der Waals surface area contributed by atoms with Crippen molar-refractivity contribution in [2.24, 2.45) is 5.92 Å². The number of amides is 2. The SMILES string of the molecule is O=C(Nc1ccc(F)cc1)C1CN(Cc2ccccc2Br)N(c2ccc(Br)cc2)C1=O. The minimum Gasteiger partial charge on any atom is -0.325 e. The third-order valence-corrected chi connectivity index (χ3v) is 6.30. The summed E-state index contributed by atoms with van der Waals surface area (Å²) in [5.41, 5.74) is 2.12. The molecule has 8 heteroatoms. The van der Waals surface area contributed by atoms with E-state index in [4.69, 9.17) is 0 Å². The molecule has 0 radical (unpaired) electrons. The topological polar surface area (TPSA) is 52.7 Å². The first-order chi connectivity index (χ1) is 14.9. The Morgan fingerprint density at radius 1 is 1.00 bits per heavy atom. The normalized spacial score (nSPS) is 16.5. The third-order valence-electron chi connectivity index (χ3n) is 4.99. The van der Waals surface area contributed by atoms with Gasteiger partial charge in [-0.25, -0.2) is 14.4 Å². The highest BCUT2D eigenvalue weighted by molar-refractivity contribution is 9.10. The summed E-state index contributed by atoms with van der Waals surface area (Å²) in [6, 6.07) is 20.6. The molecule has 1 aliphatic heterocycles. The smallest absolute Gasteiger partial charge is 0.255 e. The standard InChI is InChI=1S/C23H18Br2FN3O2/c24-16-5-11-19(12-6-16)29-23(31)20(22(30)27-18-9-7-17(26)8-10-18)14-28(29)13-15-3-1-2-4-21(15)25/h1-12,20H,13-14H2,(H,27,30). The molecule has 158 valence electrons. The van der Waals surface area contributed by atoms with Crippen molar-refractivity contribution in [3.05, 3.63) is 93.1 Å². The van der Waals surface area contributed by atoms with Crippen LogP contribution in [-0.4, -0.2) is 23.4 Å². The van der Waals surface area contributed by atoms with E-state index in [0.29, 0.717) is 17.9 Å². The molecule has 1 fully saturated rings. The molecule has 3 aromatic carbocycles. The van der Waals surface area contributed by atoms with Gasteiger partial charge >= 0.3 is 0 Å². The van der Waals surface area contributed by atoms with Crippen LogP contribution < -0.4 is 10.3 Å². The fourth-order valence-electron chi connectivity index (χ4n) is 3.45. The number of hydrogen-bond acceptors (Lipinski definition) is 3. The lowest BCUT2D eigenvalue weighted by Gasteiger charge is -2.28. The molecule has 0 spiro atoms. The van der Waals surface area contributed by atoms with Crippen LogP contribution >= 0.6 is 31.9 Å². The number of rotatable bonds is 5. The number of nitrogens with zero attached hydrogens (tertiary/aromatic N) is 2. The highest BCUT2D eigenvalue weighted by Crippen LogP contribution is 2.30. The molecule has 1 aliphatic rings. The van der Waals surface area contributed by atoms with E-state index in [2.05, 4.69) is 37.2 Å². The Balaban J connectivity index is 1.61. The van der Waals surface area contributed by atoms with Gasteiger partial charge in [-0.1, -0.05) is 50.1 Å². The minimum absolute atomic E-state index is 0.225. The van der Waals surface area contributed by atoms with Crippen molar-refractivity contribution >= 4 is 55.0 Å². The number of hydrazine groups is 1. The van der Waals surface area contributed by atoms with Gasteiger partial charge in [0.1, 0.15) is 11.7 Å². The van der Waals surface area contributed by atoms with Crippen LogP contribution in [0.4, 0.5) is 15.8 Å². The minimum atomic E-state index is -0.892. The quantitative estimate of drug-likeness (QED) is 0.438. The van der Waals surface area contributed by atoms with Crippen LogP contribution in [0.5, 0.6) is 0 Å². The van der Waals surface area contributed by atoms with E-state index < -0.39 is 17.6 Å². The van der Waals surface area contributed by atoms with Crippen LogP contribution in [0.1, 0.15) is 5.56 Å². The van der Waals surface area contributed by atoms with Crippen molar-refractivity contribution in [3.8, 4) is 0 Å². The molecule has 3 aromatic rings. The van der Waals surface area contributed by atoms with Gasteiger partial charge in [-0.3, -0.25) is 9.59 Å². The molecule has 1 heterocycles. The molecule has 4 rings (SSSR count). The predicted molar refractivity (Wildman–Crippen MR) is 125 cm³/mol. The van der Waals surface area contributed by atoms with E-state index in [1.54, 1.807) is 5.01 Å². The maximum atomic E-state index is 13.3. The molecular formula is C23H18Br2FN3O2. The van der Waals surface area contributed by atoms with Crippen molar-refractivity contribution in [1.29, 1.82) is 0 Å². The molecule has 1 N–H and O–H groups in total. The number of hydrogen-bond donors (Lipinski definition) is 1. The van der Waals surface area contributed by atoms with E-state index in [-0.39, 0.29) is 12.5 Å². The average molecular weight is 547 g/mol. The monoisotopic (exact) mass is 545 g/mol. The Kier molecular flexibility index (Phi) is 6.50. The van der Waals surface area contributed by atoms with Gasteiger partial charge in [-0.05, 0) is 60.2 Å². The second-order valence-electron chi connectivity index (χ2n) is 7.11. The van der Waals surface area contributed by atoms with Crippen molar-refractivity contribution in [2.75, 3.05) is 16.9 Å². The fourth-order valence-corrected chi connectivity index (χ4v) is 4.12. The third kappa shape index (κ3) is 4.87. The Labute approximate surface area is 196 Å². The van der Waals surface area contributed by atoms with E-state index in [0.717, 1.165) is 14.5 Å². The lowest BCUT2D eigenvalue weighted by Crippen LogP contribution is -2.39. The zero-order valence-electron chi connectivity index (χ0n) is 16.3. The van der Waals surface area contributed by atoms with Crippen molar-refractivity contribution in [3.63, 3.8) is 0 Å². The molecule has 1 atom stereocenters. The summed E-state index contributed by atoms with van der Waals surface area (Å²) >= 11 is 6.96. The average Bonchev–Trinajstić information content (AvgIpc) is 3.08. The van der Waals surface area contributed by atoms with Gasteiger partial charge in [0.25, 0.3) is 5.91 Å². The Morgan fingerprint density at radius 2 is 1.68 bits per heavy atom. The van der Waals surface area contributed by atoms with Crippen LogP contribution in [0, 0.1) is 11.7 Å². The lowest BCUT2D eigenvalue weighted by molar-refractivity contribution is -0.128. The molecule has 2 amide bonds. The molecule has 1 unspecified atom stereocenters. The Bertz CT molecular complexity index is 1110. The molecule has 5 nitrogen and oxygen atoms in total. The number of nitrogens with one attached hydrogen (secondary N) is 1. The van der Waals surface area contributed by atoms with Crippen LogP contribution in [0.15, 0.2) is 81.7 Å². The first-order valence-electron chi connectivity index (χ1n) is 9.56. The second kappa shape index (κ2) is 9.30. The zero-order valence-corrected chi connectivity index (χ0v) is 19.4. The highest BCUT2D eigenvalue weighted by Gasteiger charge is 2.43. The summed E-state index contributed by atoms with van der Waals surface area (Å²) in [6.07, 6.45) is 0. The van der Waals surface area contributed by atoms with Gasteiger partial charge in [-0.15, -0.1) is 0 Å². The molecule has 0 aromatic heterocycles. The number of benzene rings is 3. The fraction of sp³-hybridized carbons (Fsp3) is 0.130. The first-order valence-corrected chi connectivity index (χ1v) is 11.2. The predicted octanol–water partition coefficient (Wildman–Crippen LogP) is 5.37. The molecule has 0 bridgehead atoms. The second-order valence-corrected chi connectivity index (χ2v) is 8.88. The maximum Gasteiger partial charge on any atom is 0.255 e. The van der Waals surface area contributed by atoms with Gasteiger partial charge in [0, 0.05) is 27.7 Å². The molecule has 0 aliphatic carbocycles. The van der Waals surface area contributed by atoms with Crippen molar-refractivity contribution in [1.82, 2.24) is 5.01 Å². The summed E-state index contributed by atoms with van der Waals surface area (Å²) in [7, 11) is 0. The van der Waals surface area contributed by atoms with Crippen LogP contribution in [0.25, 0.3) is 0 Å². The number of halogens is 3. The number of carbonyl (C=O) groups is 2. The van der Waals surface area contributed by atoms with Gasteiger partial charge in [0.05, 0.1) is 5.69 Å². The summed E-state index contributed by atoms with van der Waals surface area (Å²) in [6.45, 7) is 0.673. The van der Waals surface area contributed by atoms with Crippen LogP contribution in [0.3, 0.4) is 0 Å². The first kappa shape index (κ1) is 21.7. The van der Waals surface area contributed by atoms with Crippen LogP contribution in [-0.2, 0) is 16.1 Å². The Hall–Kier alpha value is -2.55. The Morgan fingerprint density at radius 3 is 2.35 bits per heavy atom. The summed E-state index contributed by atoms with van der Waals surface area (Å²) < 4.78 is 15.0. The molecule has 1 saturated heterocycles. The number of anilines is 2. The van der Waals surface area contributed by atoms with Gasteiger partial charge in [-0.2, -0.15) is 0 Å². The maximum absolute atomic E-state index is 13.3. The van der Waals surface area contributed by atoms with Gasteiger partial charge < -0.3 is 5.32 Å². The van der Waals surface area contributed by atoms with Gasteiger partial charge in [0.15, 0.2) is 0 Å². The summed E-state index contributed by atoms with van der Waals surface area (Å²) in [5, 5.41) is 6.14. The zero-order chi connectivity index (χ0) is 22.0. The lowest BCUT2D eigenvalue weighted by atomic mass is 10.1. The van der Waals surface area contributed by atoms with Crippen molar-refractivity contribution < 1.29 is 14.0 Å². The van der Waals surface area contributed by atoms with E-state index >= 15 is 0 Å². The van der Waals surface area contributed by atoms with Crippen LogP contribution in [0.2, 0.25) is 0 Å². The van der Waals surface area contributed by atoms with E-state index in [1.165, 1.54) is 24.3 Å². The highest BCUT2D eigenvalue weighted by atomic mass is 79.9.